The van der Waals surface area contributed by atoms with Crippen LogP contribution in [0.15, 0.2) is 24.3 Å². The van der Waals surface area contributed by atoms with Crippen LogP contribution in [0.25, 0.3) is 0 Å². The molecule has 1 atom stereocenters. The third kappa shape index (κ3) is 4.90. The molecular weight excluding hydrogens is 288 g/mol. The molecule has 21 heavy (non-hydrogen) atoms. The predicted octanol–water partition coefficient (Wildman–Crippen LogP) is 2.68. The molecule has 1 aromatic rings. The van der Waals surface area contributed by atoms with Crippen molar-refractivity contribution in [2.24, 2.45) is 5.92 Å². The number of piperidine rings is 1. The molecule has 116 valence electrons. The first kappa shape index (κ1) is 16.1. The number of aliphatic hydroxyl groups excluding tert-OH is 1. The highest BCUT2D eigenvalue weighted by molar-refractivity contribution is 6.30. The Bertz CT molecular complexity index is 454. The average molecular weight is 311 g/mol. The van der Waals surface area contributed by atoms with Gasteiger partial charge in [0.1, 0.15) is 0 Å². The molecule has 1 aliphatic heterocycles. The van der Waals surface area contributed by atoms with E-state index in [9.17, 15) is 9.90 Å². The fraction of sp³-hybridized carbons (Fsp3) is 0.562. The third-order valence-corrected chi connectivity index (χ3v) is 4.36. The molecular formula is C16H23ClN2O2. The molecule has 2 N–H and O–H groups in total. The summed E-state index contributed by atoms with van der Waals surface area (Å²) in [6, 6.07) is 7.66. The van der Waals surface area contributed by atoms with Gasteiger partial charge in [-0.15, -0.1) is 0 Å². The Balaban J connectivity index is 1.69. The average Bonchev–Trinajstić information content (AvgIpc) is 2.49. The van der Waals surface area contributed by atoms with Crippen LogP contribution in [0.5, 0.6) is 0 Å². The van der Waals surface area contributed by atoms with Gasteiger partial charge in [-0.1, -0.05) is 23.7 Å². The number of nitrogens with one attached hydrogen (secondary N) is 1. The zero-order valence-electron chi connectivity index (χ0n) is 12.4. The molecule has 0 spiro atoms. The lowest BCUT2D eigenvalue weighted by Crippen LogP contribution is -2.46. The molecule has 0 radical (unpaired) electrons. The Morgan fingerprint density at radius 3 is 2.57 bits per heavy atom. The molecule has 0 bridgehead atoms. The summed E-state index contributed by atoms with van der Waals surface area (Å²) in [6.07, 6.45) is 2.28. The highest BCUT2D eigenvalue weighted by atomic mass is 35.5. The minimum absolute atomic E-state index is 0.00648. The molecule has 0 saturated carbocycles. The molecule has 2 amide bonds. The van der Waals surface area contributed by atoms with Crippen LogP contribution in [0.1, 0.15) is 25.3 Å². The summed E-state index contributed by atoms with van der Waals surface area (Å²) in [7, 11) is 0. The molecule has 1 saturated heterocycles. The van der Waals surface area contributed by atoms with Crippen molar-refractivity contribution in [1.82, 2.24) is 10.2 Å². The molecule has 1 unspecified atom stereocenters. The van der Waals surface area contributed by atoms with E-state index in [2.05, 4.69) is 5.32 Å². The lowest BCUT2D eigenvalue weighted by atomic mass is 9.92. The summed E-state index contributed by atoms with van der Waals surface area (Å²) >= 11 is 5.84. The second kappa shape index (κ2) is 7.66. The van der Waals surface area contributed by atoms with Gasteiger partial charge in [-0.3, -0.25) is 0 Å². The molecule has 1 aliphatic rings. The van der Waals surface area contributed by atoms with E-state index in [4.69, 9.17) is 11.6 Å². The molecule has 0 aromatic heterocycles. The van der Waals surface area contributed by atoms with Crippen molar-refractivity contribution < 1.29 is 9.90 Å². The fourth-order valence-corrected chi connectivity index (χ4v) is 2.79. The number of amides is 2. The molecule has 2 rings (SSSR count). The van der Waals surface area contributed by atoms with Gasteiger partial charge in [0.15, 0.2) is 0 Å². The van der Waals surface area contributed by atoms with Gasteiger partial charge >= 0.3 is 6.03 Å². The maximum absolute atomic E-state index is 12.1. The van der Waals surface area contributed by atoms with Crippen LogP contribution < -0.4 is 5.32 Å². The van der Waals surface area contributed by atoms with Gasteiger partial charge in [0, 0.05) is 24.7 Å². The Morgan fingerprint density at radius 1 is 1.38 bits per heavy atom. The maximum atomic E-state index is 12.1. The summed E-state index contributed by atoms with van der Waals surface area (Å²) in [6.45, 7) is 3.90. The number of halogens is 1. The highest BCUT2D eigenvalue weighted by Crippen LogP contribution is 2.20. The van der Waals surface area contributed by atoms with Gasteiger partial charge in [-0.2, -0.15) is 0 Å². The van der Waals surface area contributed by atoms with Crippen molar-refractivity contribution in [3.63, 3.8) is 0 Å². The Labute approximate surface area is 131 Å². The van der Waals surface area contributed by atoms with E-state index in [1.807, 2.05) is 36.1 Å². The van der Waals surface area contributed by atoms with Crippen LogP contribution in [-0.2, 0) is 6.42 Å². The van der Waals surface area contributed by atoms with Crippen molar-refractivity contribution in [2.45, 2.75) is 32.3 Å². The molecule has 0 aliphatic carbocycles. The summed E-state index contributed by atoms with van der Waals surface area (Å²) in [4.78, 5) is 13.9. The lowest BCUT2D eigenvalue weighted by molar-refractivity contribution is 0.0799. The van der Waals surface area contributed by atoms with Crippen LogP contribution in [0.4, 0.5) is 4.79 Å². The summed E-state index contributed by atoms with van der Waals surface area (Å²) in [5.74, 6) is 0.322. The molecule has 4 nitrogen and oxygen atoms in total. The van der Waals surface area contributed by atoms with Crippen LogP contribution in [-0.4, -0.2) is 41.8 Å². The Morgan fingerprint density at radius 2 is 2.00 bits per heavy atom. The van der Waals surface area contributed by atoms with E-state index in [1.165, 1.54) is 0 Å². The minimum Gasteiger partial charge on any atom is -0.393 e. The molecule has 1 aromatic carbocycles. The van der Waals surface area contributed by atoms with E-state index < -0.39 is 0 Å². The number of nitrogens with zero attached hydrogens (tertiary/aromatic N) is 1. The quantitative estimate of drug-likeness (QED) is 0.898. The van der Waals surface area contributed by atoms with Gasteiger partial charge in [-0.05, 0) is 49.8 Å². The molecule has 1 heterocycles. The number of aliphatic hydroxyl groups is 1. The predicted molar refractivity (Wildman–Crippen MR) is 84.5 cm³/mol. The third-order valence-electron chi connectivity index (χ3n) is 4.11. The van der Waals surface area contributed by atoms with E-state index in [0.717, 1.165) is 42.9 Å². The van der Waals surface area contributed by atoms with Gasteiger partial charge in [-0.25, -0.2) is 4.79 Å². The largest absolute Gasteiger partial charge is 0.393 e. The zero-order chi connectivity index (χ0) is 15.2. The summed E-state index contributed by atoms with van der Waals surface area (Å²) in [5, 5.41) is 13.2. The van der Waals surface area contributed by atoms with Gasteiger partial charge < -0.3 is 15.3 Å². The van der Waals surface area contributed by atoms with Crippen LogP contribution in [0.3, 0.4) is 0 Å². The molecule has 1 fully saturated rings. The number of benzene rings is 1. The lowest BCUT2D eigenvalue weighted by Gasteiger charge is -2.33. The normalized spacial score (nSPS) is 17.6. The van der Waals surface area contributed by atoms with E-state index in [1.54, 1.807) is 0 Å². The van der Waals surface area contributed by atoms with E-state index >= 15 is 0 Å². The first-order valence-corrected chi connectivity index (χ1v) is 7.89. The number of carbonyl (C=O) groups is 1. The summed E-state index contributed by atoms with van der Waals surface area (Å²) in [5.41, 5.74) is 1.16. The smallest absolute Gasteiger partial charge is 0.317 e. The number of rotatable bonds is 4. The number of carbonyl (C=O) groups excluding carboxylic acids is 1. The number of hydrogen-bond donors (Lipinski definition) is 2. The first-order valence-electron chi connectivity index (χ1n) is 7.51. The van der Waals surface area contributed by atoms with E-state index in [0.29, 0.717) is 12.5 Å². The number of urea groups is 1. The van der Waals surface area contributed by atoms with Gasteiger partial charge in [0.2, 0.25) is 0 Å². The topological polar surface area (TPSA) is 52.6 Å². The highest BCUT2D eigenvalue weighted by Gasteiger charge is 2.25. The maximum Gasteiger partial charge on any atom is 0.317 e. The van der Waals surface area contributed by atoms with Crippen LogP contribution in [0.2, 0.25) is 5.02 Å². The number of likely N-dealkylation sites (tertiary alicyclic amines) is 1. The van der Waals surface area contributed by atoms with Crippen LogP contribution in [0, 0.1) is 5.92 Å². The number of hydrogen-bond acceptors (Lipinski definition) is 2. The van der Waals surface area contributed by atoms with Crippen molar-refractivity contribution >= 4 is 17.6 Å². The second-order valence-electron chi connectivity index (χ2n) is 5.67. The van der Waals surface area contributed by atoms with Crippen molar-refractivity contribution in [3.8, 4) is 0 Å². The molecule has 5 heteroatoms. The van der Waals surface area contributed by atoms with Crippen LogP contribution >= 0.6 is 11.6 Å². The Kier molecular flexibility index (Phi) is 5.88. The SMILES string of the molecule is CC(O)C1CCN(C(=O)NCCc2ccc(Cl)cc2)CC1. The first-order chi connectivity index (χ1) is 10.1. The van der Waals surface area contributed by atoms with Gasteiger partial charge in [0.25, 0.3) is 0 Å². The standard InChI is InChI=1S/C16H23ClN2O2/c1-12(20)14-7-10-19(11-8-14)16(21)18-9-6-13-2-4-15(17)5-3-13/h2-5,12,14,20H,6-11H2,1H3,(H,18,21). The fourth-order valence-electron chi connectivity index (χ4n) is 2.66. The zero-order valence-corrected chi connectivity index (χ0v) is 13.1. The second-order valence-corrected chi connectivity index (χ2v) is 6.11. The van der Waals surface area contributed by atoms with Crippen molar-refractivity contribution in [3.05, 3.63) is 34.9 Å². The Hall–Kier alpha value is -1.26. The minimum atomic E-state index is -0.278. The van der Waals surface area contributed by atoms with Crippen molar-refractivity contribution in [2.75, 3.05) is 19.6 Å². The van der Waals surface area contributed by atoms with Crippen molar-refractivity contribution in [1.29, 1.82) is 0 Å². The summed E-state index contributed by atoms with van der Waals surface area (Å²) < 4.78 is 0. The monoisotopic (exact) mass is 310 g/mol. The van der Waals surface area contributed by atoms with E-state index in [-0.39, 0.29) is 12.1 Å². The van der Waals surface area contributed by atoms with Gasteiger partial charge in [0.05, 0.1) is 6.10 Å².